The van der Waals surface area contributed by atoms with Crippen molar-refractivity contribution in [3.05, 3.63) is 94.6 Å². The Kier molecular flexibility index (Phi) is 8.08. The van der Waals surface area contributed by atoms with Gasteiger partial charge in [0.2, 0.25) is 0 Å². The third-order valence-electron chi connectivity index (χ3n) is 6.05. The summed E-state index contributed by atoms with van der Waals surface area (Å²) in [6, 6.07) is 21.5. The van der Waals surface area contributed by atoms with Crippen LogP contribution in [0, 0.1) is 0 Å². The number of nitrogens with zero attached hydrogens (tertiary/aromatic N) is 1. The smallest absolute Gasteiger partial charge is 0.187 e. The van der Waals surface area contributed by atoms with E-state index in [2.05, 4.69) is 17.0 Å². The summed E-state index contributed by atoms with van der Waals surface area (Å²) in [7, 11) is 6.45. The highest BCUT2D eigenvalue weighted by Gasteiger charge is 2.26. The van der Waals surface area contributed by atoms with E-state index in [9.17, 15) is 4.79 Å². The van der Waals surface area contributed by atoms with Crippen LogP contribution in [0.5, 0.6) is 23.0 Å². The van der Waals surface area contributed by atoms with E-state index in [-0.39, 0.29) is 5.78 Å². The minimum Gasteiger partial charge on any atom is -0.497 e. The highest BCUT2D eigenvalue weighted by atomic mass is 16.5. The third kappa shape index (κ3) is 6.15. The molecule has 1 saturated heterocycles. The first-order chi connectivity index (χ1) is 17.5. The van der Waals surface area contributed by atoms with Gasteiger partial charge in [-0.15, -0.1) is 0 Å². The quantitative estimate of drug-likeness (QED) is 0.405. The lowest BCUT2D eigenvalue weighted by atomic mass is 9.93. The van der Waals surface area contributed by atoms with Crippen LogP contribution in [0.15, 0.2) is 77.9 Å². The van der Waals surface area contributed by atoms with Crippen LogP contribution >= 0.6 is 0 Å². The van der Waals surface area contributed by atoms with E-state index in [4.69, 9.17) is 18.9 Å². The molecule has 1 aliphatic rings. The average Bonchev–Trinajstić information content (AvgIpc) is 2.91. The number of carbonyl (C=O) groups excluding carboxylic acids is 1. The normalized spacial score (nSPS) is 16.3. The highest BCUT2D eigenvalue weighted by Crippen LogP contribution is 2.29. The number of ketones is 1. The van der Waals surface area contributed by atoms with Crippen molar-refractivity contribution in [2.75, 3.05) is 41.5 Å². The molecule has 0 amide bonds. The summed E-state index contributed by atoms with van der Waals surface area (Å²) >= 11 is 0. The summed E-state index contributed by atoms with van der Waals surface area (Å²) < 4.78 is 21.7. The molecule has 0 atom stereocenters. The number of benzene rings is 3. The molecular weight excluding hydrogens is 454 g/mol. The maximum atomic E-state index is 13.7. The van der Waals surface area contributed by atoms with Gasteiger partial charge in [0.15, 0.2) is 5.78 Å². The van der Waals surface area contributed by atoms with E-state index in [1.807, 2.05) is 66.7 Å². The maximum absolute atomic E-state index is 13.7. The Balaban J connectivity index is 1.74. The molecule has 0 aromatic heterocycles. The zero-order valence-electron chi connectivity index (χ0n) is 21.1. The zero-order chi connectivity index (χ0) is 25.5. The first kappa shape index (κ1) is 25.1. The predicted molar refractivity (Wildman–Crippen MR) is 142 cm³/mol. The van der Waals surface area contributed by atoms with Crippen molar-refractivity contribution in [1.82, 2.24) is 4.90 Å². The number of hydrogen-bond acceptors (Lipinski definition) is 6. The van der Waals surface area contributed by atoms with Gasteiger partial charge in [-0.2, -0.15) is 0 Å². The van der Waals surface area contributed by atoms with Gasteiger partial charge in [0.1, 0.15) is 23.0 Å². The molecule has 0 N–H and O–H groups in total. The molecule has 0 aliphatic carbocycles. The summed E-state index contributed by atoms with van der Waals surface area (Å²) in [6.07, 6.45) is 3.84. The molecule has 6 heteroatoms. The Morgan fingerprint density at radius 1 is 0.667 bits per heavy atom. The third-order valence-corrected chi connectivity index (χ3v) is 6.05. The molecule has 1 fully saturated rings. The number of Topliss-reactive ketones (excluding diaryl/α,β-unsaturated/α-hetero) is 1. The number of carbonyl (C=O) groups is 1. The summed E-state index contributed by atoms with van der Waals surface area (Å²) in [5.74, 6) is 2.70. The predicted octanol–water partition coefficient (Wildman–Crippen LogP) is 5.27. The average molecular weight is 486 g/mol. The van der Waals surface area contributed by atoms with Crippen LogP contribution in [0.4, 0.5) is 0 Å². The lowest BCUT2D eigenvalue weighted by molar-refractivity contribution is -0.113. The number of likely N-dealkylation sites (tertiary alicyclic amines) is 1. The van der Waals surface area contributed by atoms with E-state index in [0.717, 1.165) is 17.7 Å². The number of hydrogen-bond donors (Lipinski definition) is 0. The van der Waals surface area contributed by atoms with Gasteiger partial charge in [-0.05, 0) is 53.1 Å². The first-order valence-corrected chi connectivity index (χ1v) is 11.7. The maximum Gasteiger partial charge on any atom is 0.187 e. The van der Waals surface area contributed by atoms with Gasteiger partial charge in [0.05, 0.1) is 28.4 Å². The topological polar surface area (TPSA) is 57.2 Å². The van der Waals surface area contributed by atoms with Crippen LogP contribution in [0.2, 0.25) is 0 Å². The van der Waals surface area contributed by atoms with Crippen LogP contribution < -0.4 is 18.9 Å². The Morgan fingerprint density at radius 3 is 1.47 bits per heavy atom. The fourth-order valence-corrected chi connectivity index (χ4v) is 4.29. The molecule has 3 aromatic carbocycles. The van der Waals surface area contributed by atoms with Crippen molar-refractivity contribution in [2.24, 2.45) is 0 Å². The van der Waals surface area contributed by atoms with Crippen molar-refractivity contribution in [3.8, 4) is 23.0 Å². The second kappa shape index (κ2) is 11.6. The van der Waals surface area contributed by atoms with Gasteiger partial charge in [-0.25, -0.2) is 0 Å². The van der Waals surface area contributed by atoms with E-state index < -0.39 is 0 Å². The van der Waals surface area contributed by atoms with Crippen molar-refractivity contribution in [3.63, 3.8) is 0 Å². The molecule has 0 unspecified atom stereocenters. The summed E-state index contributed by atoms with van der Waals surface area (Å²) in [4.78, 5) is 15.9. The van der Waals surface area contributed by atoms with Gasteiger partial charge >= 0.3 is 0 Å². The summed E-state index contributed by atoms with van der Waals surface area (Å²) in [5.41, 5.74) is 4.29. The van der Waals surface area contributed by atoms with E-state index in [0.29, 0.717) is 47.2 Å². The standard InChI is InChI=1S/C30H31NO5/c1-33-26-12-22(13-27(16-26)34-2)10-24-19-31(18-21-8-6-5-7-9-21)20-25(30(24)32)11-23-14-28(35-3)17-29(15-23)36-4/h5-17H,18-20H2,1-4H3. The molecule has 1 heterocycles. The van der Waals surface area contributed by atoms with Crippen molar-refractivity contribution >= 4 is 17.9 Å². The first-order valence-electron chi connectivity index (χ1n) is 11.7. The van der Waals surface area contributed by atoms with E-state index in [1.165, 1.54) is 5.56 Å². The Bertz CT molecular complexity index is 1160. The molecule has 6 nitrogen and oxygen atoms in total. The monoisotopic (exact) mass is 485 g/mol. The Hall–Kier alpha value is -4.03. The second-order valence-corrected chi connectivity index (χ2v) is 8.59. The van der Waals surface area contributed by atoms with Crippen LogP contribution in [0.3, 0.4) is 0 Å². The number of ether oxygens (including phenoxy) is 4. The summed E-state index contributed by atoms with van der Waals surface area (Å²) in [6.45, 7) is 1.80. The van der Waals surface area contributed by atoms with Crippen LogP contribution in [-0.2, 0) is 11.3 Å². The van der Waals surface area contributed by atoms with Gasteiger partial charge in [0, 0.05) is 42.9 Å². The molecule has 0 spiro atoms. The minimum absolute atomic E-state index is 0.0166. The fourth-order valence-electron chi connectivity index (χ4n) is 4.29. The molecule has 36 heavy (non-hydrogen) atoms. The van der Waals surface area contributed by atoms with Crippen molar-refractivity contribution in [2.45, 2.75) is 6.54 Å². The highest BCUT2D eigenvalue weighted by molar-refractivity contribution is 6.14. The Labute approximate surface area is 212 Å². The Morgan fingerprint density at radius 2 is 1.08 bits per heavy atom. The number of rotatable bonds is 8. The minimum atomic E-state index is 0.0166. The van der Waals surface area contributed by atoms with Gasteiger partial charge in [-0.1, -0.05) is 30.3 Å². The van der Waals surface area contributed by atoms with Crippen molar-refractivity contribution in [1.29, 1.82) is 0 Å². The largest absolute Gasteiger partial charge is 0.497 e. The molecule has 0 bridgehead atoms. The van der Waals surface area contributed by atoms with Gasteiger partial charge in [-0.3, -0.25) is 9.69 Å². The van der Waals surface area contributed by atoms with E-state index in [1.54, 1.807) is 28.4 Å². The van der Waals surface area contributed by atoms with Gasteiger partial charge < -0.3 is 18.9 Å². The molecular formula is C30H31NO5. The zero-order valence-corrected chi connectivity index (χ0v) is 21.1. The van der Waals surface area contributed by atoms with Crippen LogP contribution in [0.1, 0.15) is 16.7 Å². The lowest BCUT2D eigenvalue weighted by Crippen LogP contribution is -2.37. The van der Waals surface area contributed by atoms with E-state index >= 15 is 0 Å². The fraction of sp³-hybridized carbons (Fsp3) is 0.233. The van der Waals surface area contributed by atoms with Crippen LogP contribution in [0.25, 0.3) is 12.2 Å². The molecule has 186 valence electrons. The lowest BCUT2D eigenvalue weighted by Gasteiger charge is -2.30. The molecule has 3 aromatic rings. The molecule has 0 saturated carbocycles. The number of methoxy groups -OCH3 is 4. The second-order valence-electron chi connectivity index (χ2n) is 8.59. The number of piperidine rings is 1. The molecule has 1 aliphatic heterocycles. The van der Waals surface area contributed by atoms with Crippen LogP contribution in [-0.4, -0.2) is 52.2 Å². The molecule has 4 rings (SSSR count). The van der Waals surface area contributed by atoms with Crippen molar-refractivity contribution < 1.29 is 23.7 Å². The van der Waals surface area contributed by atoms with Gasteiger partial charge in [0.25, 0.3) is 0 Å². The summed E-state index contributed by atoms with van der Waals surface area (Å²) in [5, 5.41) is 0. The molecule has 0 radical (unpaired) electrons. The SMILES string of the molecule is COc1cc(C=C2CN(Cc3ccccc3)CC(=Cc3cc(OC)cc(OC)c3)C2=O)cc(OC)c1.